The lowest BCUT2D eigenvalue weighted by atomic mass is 9.78. The van der Waals surface area contributed by atoms with Crippen molar-refractivity contribution in [1.82, 2.24) is 5.32 Å². The van der Waals surface area contributed by atoms with Crippen LogP contribution in [0.4, 0.5) is 0 Å². The molecule has 0 aromatic heterocycles. The average Bonchev–Trinajstić information content (AvgIpc) is 2.35. The van der Waals surface area contributed by atoms with Gasteiger partial charge in [-0.3, -0.25) is 4.79 Å². The standard InChI is InChI=1S/C16H19NO2/c1-12-13(7-4-11-18)6-3-8-14(12)15(19)17-16(2)9-5-10-16/h3,6,8,18H,5,9-11H2,1-2H3,(H,17,19). The third kappa shape index (κ3) is 2.97. The summed E-state index contributed by atoms with van der Waals surface area (Å²) in [5, 5.41) is 11.8. The fourth-order valence-electron chi connectivity index (χ4n) is 2.33. The van der Waals surface area contributed by atoms with Gasteiger partial charge in [0.1, 0.15) is 6.61 Å². The Morgan fingerprint density at radius 2 is 2.21 bits per heavy atom. The number of amides is 1. The summed E-state index contributed by atoms with van der Waals surface area (Å²) in [4.78, 5) is 12.3. The molecule has 0 radical (unpaired) electrons. The van der Waals surface area contributed by atoms with Crippen LogP contribution in [0.25, 0.3) is 0 Å². The monoisotopic (exact) mass is 257 g/mol. The van der Waals surface area contributed by atoms with Crippen molar-refractivity contribution < 1.29 is 9.90 Å². The maximum absolute atomic E-state index is 12.3. The number of rotatable bonds is 2. The van der Waals surface area contributed by atoms with E-state index in [2.05, 4.69) is 24.1 Å². The number of aliphatic hydroxyl groups is 1. The van der Waals surface area contributed by atoms with Gasteiger partial charge in [0.25, 0.3) is 5.91 Å². The van der Waals surface area contributed by atoms with Gasteiger partial charge in [-0.1, -0.05) is 17.9 Å². The van der Waals surface area contributed by atoms with Crippen LogP contribution in [0.15, 0.2) is 18.2 Å². The molecule has 0 saturated heterocycles. The normalized spacial score (nSPS) is 15.9. The minimum absolute atomic E-state index is 0.0349. The quantitative estimate of drug-likeness (QED) is 0.796. The minimum Gasteiger partial charge on any atom is -0.384 e. The molecule has 0 atom stereocenters. The molecule has 1 aliphatic rings. The molecule has 1 fully saturated rings. The van der Waals surface area contributed by atoms with Gasteiger partial charge in [0.2, 0.25) is 0 Å². The van der Waals surface area contributed by atoms with E-state index in [9.17, 15) is 4.79 Å². The number of aliphatic hydroxyl groups excluding tert-OH is 1. The van der Waals surface area contributed by atoms with E-state index in [4.69, 9.17) is 5.11 Å². The van der Waals surface area contributed by atoms with E-state index in [0.717, 1.165) is 24.0 Å². The Balaban J connectivity index is 2.22. The average molecular weight is 257 g/mol. The first-order valence-electron chi connectivity index (χ1n) is 6.58. The van der Waals surface area contributed by atoms with Gasteiger partial charge in [-0.15, -0.1) is 0 Å². The number of nitrogens with one attached hydrogen (secondary N) is 1. The van der Waals surface area contributed by atoms with E-state index >= 15 is 0 Å². The number of carbonyl (C=O) groups is 1. The van der Waals surface area contributed by atoms with Crippen molar-refractivity contribution in [3.05, 3.63) is 34.9 Å². The highest BCUT2D eigenvalue weighted by Gasteiger charge is 2.33. The largest absolute Gasteiger partial charge is 0.384 e. The first kappa shape index (κ1) is 13.6. The van der Waals surface area contributed by atoms with Crippen molar-refractivity contribution in [2.24, 2.45) is 0 Å². The molecule has 0 heterocycles. The van der Waals surface area contributed by atoms with Crippen molar-refractivity contribution in [2.45, 2.75) is 38.6 Å². The lowest BCUT2D eigenvalue weighted by molar-refractivity contribution is 0.0850. The number of hydrogen-bond acceptors (Lipinski definition) is 2. The summed E-state index contributed by atoms with van der Waals surface area (Å²) < 4.78 is 0. The van der Waals surface area contributed by atoms with E-state index in [1.54, 1.807) is 0 Å². The molecule has 1 aromatic carbocycles. The van der Waals surface area contributed by atoms with Crippen LogP contribution in [0.3, 0.4) is 0 Å². The van der Waals surface area contributed by atoms with Crippen molar-refractivity contribution >= 4 is 5.91 Å². The zero-order valence-corrected chi connectivity index (χ0v) is 11.4. The van der Waals surface area contributed by atoms with Crippen LogP contribution >= 0.6 is 0 Å². The Bertz CT molecular complexity index is 548. The minimum atomic E-state index is -0.173. The van der Waals surface area contributed by atoms with Gasteiger partial charge in [0.15, 0.2) is 0 Å². The van der Waals surface area contributed by atoms with Gasteiger partial charge < -0.3 is 10.4 Å². The van der Waals surface area contributed by atoms with Gasteiger partial charge in [-0.2, -0.15) is 0 Å². The zero-order valence-electron chi connectivity index (χ0n) is 11.4. The molecule has 0 bridgehead atoms. The predicted molar refractivity (Wildman–Crippen MR) is 74.9 cm³/mol. The Morgan fingerprint density at radius 1 is 1.47 bits per heavy atom. The van der Waals surface area contributed by atoms with Crippen LogP contribution in [-0.4, -0.2) is 23.2 Å². The summed E-state index contributed by atoms with van der Waals surface area (Å²) in [7, 11) is 0. The van der Waals surface area contributed by atoms with Crippen molar-refractivity contribution in [3.63, 3.8) is 0 Å². The molecule has 3 heteroatoms. The van der Waals surface area contributed by atoms with E-state index in [1.165, 1.54) is 6.42 Å². The van der Waals surface area contributed by atoms with Gasteiger partial charge in [0.05, 0.1) is 0 Å². The predicted octanol–water partition coefficient (Wildman–Crippen LogP) is 2.01. The Morgan fingerprint density at radius 3 is 2.79 bits per heavy atom. The molecular weight excluding hydrogens is 238 g/mol. The maximum Gasteiger partial charge on any atom is 0.252 e. The molecule has 1 saturated carbocycles. The molecule has 1 amide bonds. The van der Waals surface area contributed by atoms with Gasteiger partial charge in [-0.25, -0.2) is 0 Å². The molecule has 1 aliphatic carbocycles. The zero-order chi connectivity index (χ0) is 13.9. The topological polar surface area (TPSA) is 49.3 Å². The summed E-state index contributed by atoms with van der Waals surface area (Å²) in [5.41, 5.74) is 2.28. The highest BCUT2D eigenvalue weighted by Crippen LogP contribution is 2.31. The van der Waals surface area contributed by atoms with Crippen LogP contribution in [0.2, 0.25) is 0 Å². The first-order valence-corrected chi connectivity index (χ1v) is 6.58. The Kier molecular flexibility index (Phi) is 3.92. The SMILES string of the molecule is Cc1c(C#CCO)cccc1C(=O)NC1(C)CCC1. The van der Waals surface area contributed by atoms with Crippen molar-refractivity contribution in [1.29, 1.82) is 0 Å². The van der Waals surface area contributed by atoms with E-state index in [1.807, 2.05) is 25.1 Å². The van der Waals surface area contributed by atoms with Gasteiger partial charge in [0, 0.05) is 16.7 Å². The van der Waals surface area contributed by atoms with E-state index < -0.39 is 0 Å². The summed E-state index contributed by atoms with van der Waals surface area (Å²) >= 11 is 0. The third-order valence-corrected chi connectivity index (χ3v) is 3.75. The first-order chi connectivity index (χ1) is 9.06. The van der Waals surface area contributed by atoms with Gasteiger partial charge in [-0.05, 0) is 50.8 Å². The Labute approximate surface area is 114 Å². The number of carbonyl (C=O) groups excluding carboxylic acids is 1. The number of benzene rings is 1. The fourth-order valence-corrected chi connectivity index (χ4v) is 2.33. The van der Waals surface area contributed by atoms with Crippen LogP contribution in [0, 0.1) is 18.8 Å². The summed E-state index contributed by atoms with van der Waals surface area (Å²) in [6.45, 7) is 3.80. The lowest BCUT2D eigenvalue weighted by Gasteiger charge is -2.39. The summed E-state index contributed by atoms with van der Waals surface area (Å²) in [6.07, 6.45) is 3.27. The van der Waals surface area contributed by atoms with Crippen LogP contribution in [-0.2, 0) is 0 Å². The molecule has 3 nitrogen and oxygen atoms in total. The van der Waals surface area contributed by atoms with Crippen LogP contribution in [0.1, 0.15) is 47.7 Å². The summed E-state index contributed by atoms with van der Waals surface area (Å²) in [5.74, 6) is 5.45. The molecule has 19 heavy (non-hydrogen) atoms. The van der Waals surface area contributed by atoms with E-state index in [0.29, 0.717) is 5.56 Å². The Hall–Kier alpha value is -1.79. The molecule has 0 aliphatic heterocycles. The van der Waals surface area contributed by atoms with Gasteiger partial charge >= 0.3 is 0 Å². The van der Waals surface area contributed by atoms with Crippen LogP contribution < -0.4 is 5.32 Å². The molecule has 100 valence electrons. The molecule has 0 spiro atoms. The number of hydrogen-bond donors (Lipinski definition) is 2. The highest BCUT2D eigenvalue weighted by atomic mass is 16.2. The smallest absolute Gasteiger partial charge is 0.252 e. The van der Waals surface area contributed by atoms with Crippen molar-refractivity contribution in [2.75, 3.05) is 6.61 Å². The van der Waals surface area contributed by atoms with Crippen molar-refractivity contribution in [3.8, 4) is 11.8 Å². The lowest BCUT2D eigenvalue weighted by Crippen LogP contribution is -2.51. The molecule has 1 aromatic rings. The third-order valence-electron chi connectivity index (χ3n) is 3.75. The maximum atomic E-state index is 12.3. The summed E-state index contributed by atoms with van der Waals surface area (Å²) in [6, 6.07) is 5.50. The fraction of sp³-hybridized carbons (Fsp3) is 0.438. The molecule has 2 rings (SSSR count). The second-order valence-corrected chi connectivity index (χ2v) is 5.31. The highest BCUT2D eigenvalue weighted by molar-refractivity contribution is 5.96. The second kappa shape index (κ2) is 5.46. The van der Waals surface area contributed by atoms with Crippen LogP contribution in [0.5, 0.6) is 0 Å². The second-order valence-electron chi connectivity index (χ2n) is 5.31. The molecular formula is C16H19NO2. The molecule has 2 N–H and O–H groups in total. The van der Waals surface area contributed by atoms with E-state index in [-0.39, 0.29) is 18.1 Å². The molecule has 0 unspecified atom stereocenters.